The van der Waals surface area contributed by atoms with Crippen LogP contribution in [0.15, 0.2) is 30.3 Å². The van der Waals surface area contributed by atoms with Crippen molar-refractivity contribution in [2.45, 2.75) is 45.1 Å². The highest BCUT2D eigenvalue weighted by Gasteiger charge is 2.51. The van der Waals surface area contributed by atoms with Crippen LogP contribution in [0.1, 0.15) is 25.8 Å². The topological polar surface area (TPSA) is 82.2 Å². The number of rotatable bonds is 9. The smallest absolute Gasteiger partial charge is 0.336 e. The Kier molecular flexibility index (Phi) is 6.34. The standard InChI is InChI=1S/C18H26N2O4/c1-12(2)9-14(19-17(21)15-16(24-15)18(22)23)11-20(3)10-13-7-5-4-6-8-13/h4-8,12,14-16H,9-11H2,1-3H3,(H,19,21)(H,22,23)/t14-,15-,16-/m0/s1. The molecule has 3 atom stereocenters. The van der Waals surface area contributed by atoms with Gasteiger partial charge in [0.2, 0.25) is 0 Å². The first-order chi connectivity index (χ1) is 11.4. The third-order valence-electron chi connectivity index (χ3n) is 3.92. The summed E-state index contributed by atoms with van der Waals surface area (Å²) in [6.07, 6.45) is -1.02. The molecule has 0 radical (unpaired) electrons. The zero-order valence-corrected chi connectivity index (χ0v) is 14.4. The SMILES string of the molecule is CC(C)C[C@@H](CN(C)Cc1ccccc1)NC(=O)[C@H]1O[C@@H]1C(=O)O. The first-order valence-electron chi connectivity index (χ1n) is 8.28. The first-order valence-corrected chi connectivity index (χ1v) is 8.28. The quantitative estimate of drug-likeness (QED) is 0.669. The van der Waals surface area contributed by atoms with Crippen molar-refractivity contribution < 1.29 is 19.4 Å². The van der Waals surface area contributed by atoms with Gasteiger partial charge in [0.15, 0.2) is 12.2 Å². The van der Waals surface area contributed by atoms with Crippen LogP contribution in [0.4, 0.5) is 0 Å². The van der Waals surface area contributed by atoms with E-state index in [-0.39, 0.29) is 11.9 Å². The fourth-order valence-electron chi connectivity index (χ4n) is 2.87. The van der Waals surface area contributed by atoms with E-state index in [2.05, 4.69) is 36.2 Å². The van der Waals surface area contributed by atoms with E-state index in [0.717, 1.165) is 13.0 Å². The van der Waals surface area contributed by atoms with Gasteiger partial charge in [-0.1, -0.05) is 44.2 Å². The number of carboxylic acid groups (broad SMARTS) is 1. The molecule has 0 aromatic heterocycles. The fourth-order valence-corrected chi connectivity index (χ4v) is 2.87. The average Bonchev–Trinajstić information content (AvgIpc) is 3.28. The molecular formula is C18H26N2O4. The van der Waals surface area contributed by atoms with Crippen molar-refractivity contribution in [1.29, 1.82) is 0 Å². The molecule has 1 aliphatic heterocycles. The van der Waals surface area contributed by atoms with Crippen molar-refractivity contribution in [2.75, 3.05) is 13.6 Å². The van der Waals surface area contributed by atoms with Crippen molar-refractivity contribution in [3.63, 3.8) is 0 Å². The van der Waals surface area contributed by atoms with Crippen molar-refractivity contribution in [2.24, 2.45) is 5.92 Å². The Morgan fingerprint density at radius 2 is 1.92 bits per heavy atom. The summed E-state index contributed by atoms with van der Waals surface area (Å²) in [4.78, 5) is 25.1. The number of hydrogen-bond acceptors (Lipinski definition) is 4. The third-order valence-corrected chi connectivity index (χ3v) is 3.92. The lowest BCUT2D eigenvalue weighted by molar-refractivity contribution is -0.138. The summed E-state index contributed by atoms with van der Waals surface area (Å²) in [7, 11) is 2.01. The molecule has 1 amide bonds. The number of epoxide rings is 1. The minimum absolute atomic E-state index is 0.0372. The molecular weight excluding hydrogens is 308 g/mol. The van der Waals surface area contributed by atoms with E-state index in [9.17, 15) is 9.59 Å². The molecule has 0 unspecified atom stereocenters. The minimum atomic E-state index is -1.09. The van der Waals surface area contributed by atoms with Crippen molar-refractivity contribution in [1.82, 2.24) is 10.2 Å². The molecule has 1 aliphatic rings. The third kappa shape index (κ3) is 5.62. The highest BCUT2D eigenvalue weighted by atomic mass is 16.6. The predicted molar refractivity (Wildman–Crippen MR) is 90.5 cm³/mol. The molecule has 0 aliphatic carbocycles. The van der Waals surface area contributed by atoms with Crippen LogP contribution in [0, 0.1) is 5.92 Å². The Balaban J connectivity index is 1.88. The second-order valence-electron chi connectivity index (χ2n) is 6.83. The molecule has 6 heteroatoms. The van der Waals surface area contributed by atoms with E-state index in [1.54, 1.807) is 0 Å². The van der Waals surface area contributed by atoms with Crippen molar-refractivity contribution in [3.8, 4) is 0 Å². The van der Waals surface area contributed by atoms with Crippen LogP contribution >= 0.6 is 0 Å². The molecule has 24 heavy (non-hydrogen) atoms. The Morgan fingerprint density at radius 3 is 2.46 bits per heavy atom. The Bertz CT molecular complexity index is 561. The second-order valence-corrected chi connectivity index (χ2v) is 6.83. The number of hydrogen-bond donors (Lipinski definition) is 2. The number of likely N-dealkylation sites (N-methyl/N-ethyl adjacent to an activating group) is 1. The lowest BCUT2D eigenvalue weighted by Gasteiger charge is -2.26. The molecule has 1 aromatic carbocycles. The van der Waals surface area contributed by atoms with Crippen LogP contribution in [-0.4, -0.2) is 53.7 Å². The number of amides is 1. The van der Waals surface area contributed by atoms with Gasteiger partial charge in [0, 0.05) is 19.1 Å². The van der Waals surface area contributed by atoms with E-state index in [0.29, 0.717) is 12.5 Å². The molecule has 1 saturated heterocycles. The van der Waals surface area contributed by atoms with Crippen molar-refractivity contribution >= 4 is 11.9 Å². The molecule has 2 N–H and O–H groups in total. The van der Waals surface area contributed by atoms with Gasteiger partial charge < -0.3 is 20.1 Å². The molecule has 0 bridgehead atoms. The number of aliphatic carboxylic acids is 1. The molecule has 1 heterocycles. The maximum absolute atomic E-state index is 12.1. The summed E-state index contributed by atoms with van der Waals surface area (Å²) < 4.78 is 4.92. The lowest BCUT2D eigenvalue weighted by atomic mass is 10.0. The summed E-state index contributed by atoms with van der Waals surface area (Å²) in [6, 6.07) is 10.1. The monoisotopic (exact) mass is 334 g/mol. The maximum Gasteiger partial charge on any atom is 0.336 e. The number of carbonyl (C=O) groups excluding carboxylic acids is 1. The van der Waals surface area contributed by atoms with E-state index in [1.165, 1.54) is 5.56 Å². The normalized spacial score (nSPS) is 20.9. The number of ether oxygens (including phenoxy) is 1. The summed E-state index contributed by atoms with van der Waals surface area (Å²) in [6.45, 7) is 5.69. The Labute approximate surface area is 142 Å². The first kappa shape index (κ1) is 18.4. The van der Waals surface area contributed by atoms with Gasteiger partial charge in [-0.25, -0.2) is 4.79 Å². The molecule has 0 saturated carbocycles. The zero-order valence-electron chi connectivity index (χ0n) is 14.4. The number of nitrogens with one attached hydrogen (secondary N) is 1. The van der Waals surface area contributed by atoms with Gasteiger partial charge in [0.1, 0.15) is 0 Å². The largest absolute Gasteiger partial charge is 0.479 e. The summed E-state index contributed by atoms with van der Waals surface area (Å²) in [5, 5.41) is 11.8. The number of carboxylic acids is 1. The second kappa shape index (κ2) is 8.26. The van der Waals surface area contributed by atoms with Gasteiger partial charge in [-0.15, -0.1) is 0 Å². The van der Waals surface area contributed by atoms with E-state index >= 15 is 0 Å². The molecule has 0 spiro atoms. The molecule has 132 valence electrons. The van der Waals surface area contributed by atoms with E-state index in [1.807, 2.05) is 25.2 Å². The fraction of sp³-hybridized carbons (Fsp3) is 0.556. The molecule has 6 nitrogen and oxygen atoms in total. The number of benzene rings is 1. The van der Waals surface area contributed by atoms with Gasteiger partial charge >= 0.3 is 5.97 Å². The van der Waals surface area contributed by atoms with Crippen LogP contribution in [0.2, 0.25) is 0 Å². The van der Waals surface area contributed by atoms with Gasteiger partial charge in [-0.2, -0.15) is 0 Å². The highest BCUT2D eigenvalue weighted by molar-refractivity contribution is 5.92. The van der Waals surface area contributed by atoms with Crippen LogP contribution in [0.3, 0.4) is 0 Å². The Morgan fingerprint density at radius 1 is 1.25 bits per heavy atom. The number of nitrogens with zero attached hydrogens (tertiary/aromatic N) is 1. The average molecular weight is 334 g/mol. The van der Waals surface area contributed by atoms with Crippen molar-refractivity contribution in [3.05, 3.63) is 35.9 Å². The van der Waals surface area contributed by atoms with Gasteiger partial charge in [-0.3, -0.25) is 4.79 Å². The minimum Gasteiger partial charge on any atom is -0.479 e. The maximum atomic E-state index is 12.1. The van der Waals surface area contributed by atoms with Gasteiger partial charge in [-0.05, 0) is 24.9 Å². The predicted octanol–water partition coefficient (Wildman–Crippen LogP) is 1.50. The summed E-state index contributed by atoms with van der Waals surface area (Å²) >= 11 is 0. The van der Waals surface area contributed by atoms with Crippen LogP contribution in [-0.2, 0) is 20.9 Å². The summed E-state index contributed by atoms with van der Waals surface area (Å²) in [5.41, 5.74) is 1.21. The highest BCUT2D eigenvalue weighted by Crippen LogP contribution is 2.22. The van der Waals surface area contributed by atoms with E-state index in [4.69, 9.17) is 9.84 Å². The molecule has 2 rings (SSSR count). The van der Waals surface area contributed by atoms with Crippen LogP contribution in [0.25, 0.3) is 0 Å². The molecule has 1 aromatic rings. The molecule has 1 fully saturated rings. The summed E-state index contributed by atoms with van der Waals surface area (Å²) in [5.74, 6) is -0.992. The Hall–Kier alpha value is -1.92. The zero-order chi connectivity index (χ0) is 17.7. The van der Waals surface area contributed by atoms with E-state index < -0.39 is 18.2 Å². The van der Waals surface area contributed by atoms with Gasteiger partial charge in [0.25, 0.3) is 5.91 Å². The number of carbonyl (C=O) groups is 2. The lowest BCUT2D eigenvalue weighted by Crippen LogP contribution is -2.45. The van der Waals surface area contributed by atoms with Crippen LogP contribution in [0.5, 0.6) is 0 Å². The van der Waals surface area contributed by atoms with Crippen LogP contribution < -0.4 is 5.32 Å². The van der Waals surface area contributed by atoms with Gasteiger partial charge in [0.05, 0.1) is 0 Å².